The Kier molecular flexibility index (Phi) is 4.36. The number of nitrogens with one attached hydrogen (secondary N) is 1. The molecule has 1 atom stereocenters. The summed E-state index contributed by atoms with van der Waals surface area (Å²) in [6.07, 6.45) is 1.85. The summed E-state index contributed by atoms with van der Waals surface area (Å²) in [5.74, 6) is -1.65. The smallest absolute Gasteiger partial charge is 0.354 e. The zero-order valence-electron chi connectivity index (χ0n) is 15.9. The standard InChI is InChI=1S/C20H23N3O5/c1-12(2)21-16(24)11-28-19(27)20-10-9-17(25)23(20)15-6-4-3-5-14(15)18(26)22(20)13-7-8-13/h3-6,12-13H,7-11H2,1-2H3,(H,21,24)/t20-/m0/s1. The molecule has 28 heavy (non-hydrogen) atoms. The van der Waals surface area contributed by atoms with E-state index in [4.69, 9.17) is 4.74 Å². The summed E-state index contributed by atoms with van der Waals surface area (Å²) >= 11 is 0. The Balaban J connectivity index is 1.72. The van der Waals surface area contributed by atoms with E-state index in [9.17, 15) is 19.2 Å². The van der Waals surface area contributed by atoms with Crippen LogP contribution in [0.5, 0.6) is 0 Å². The zero-order valence-corrected chi connectivity index (χ0v) is 15.9. The minimum Gasteiger partial charge on any atom is -0.452 e. The van der Waals surface area contributed by atoms with Gasteiger partial charge >= 0.3 is 5.97 Å². The highest BCUT2D eigenvalue weighted by atomic mass is 16.5. The predicted molar refractivity (Wildman–Crippen MR) is 99.3 cm³/mol. The molecule has 3 amide bonds. The Labute approximate surface area is 162 Å². The normalized spacial score (nSPS) is 23.5. The van der Waals surface area contributed by atoms with Crippen LogP contribution in [0.1, 0.15) is 49.9 Å². The molecule has 3 aliphatic rings. The number of carbonyl (C=O) groups excluding carboxylic acids is 4. The van der Waals surface area contributed by atoms with Crippen molar-refractivity contribution in [3.63, 3.8) is 0 Å². The quantitative estimate of drug-likeness (QED) is 0.769. The van der Waals surface area contributed by atoms with Crippen molar-refractivity contribution in [2.45, 2.75) is 57.3 Å². The van der Waals surface area contributed by atoms with Crippen LogP contribution >= 0.6 is 0 Å². The molecule has 8 nitrogen and oxygen atoms in total. The second-order valence-corrected chi connectivity index (χ2v) is 7.77. The van der Waals surface area contributed by atoms with Gasteiger partial charge in [-0.15, -0.1) is 0 Å². The molecule has 8 heteroatoms. The van der Waals surface area contributed by atoms with Crippen LogP contribution in [0.25, 0.3) is 0 Å². The molecule has 1 N–H and O–H groups in total. The van der Waals surface area contributed by atoms with Gasteiger partial charge in [-0.25, -0.2) is 4.79 Å². The van der Waals surface area contributed by atoms with Crippen molar-refractivity contribution in [3.05, 3.63) is 29.8 Å². The SMILES string of the molecule is CC(C)NC(=O)COC(=O)[C@]12CCC(=O)N1c1ccccc1C(=O)N2C1CC1. The van der Waals surface area contributed by atoms with Gasteiger partial charge in [0.2, 0.25) is 11.6 Å². The van der Waals surface area contributed by atoms with Crippen LogP contribution in [0.4, 0.5) is 5.69 Å². The number of anilines is 1. The maximum atomic E-state index is 13.2. The molecular weight excluding hydrogens is 362 g/mol. The van der Waals surface area contributed by atoms with Crippen LogP contribution in [0, 0.1) is 0 Å². The van der Waals surface area contributed by atoms with Crippen molar-refractivity contribution in [3.8, 4) is 0 Å². The van der Waals surface area contributed by atoms with Crippen molar-refractivity contribution in [1.29, 1.82) is 0 Å². The second kappa shape index (κ2) is 6.61. The summed E-state index contributed by atoms with van der Waals surface area (Å²) in [6.45, 7) is 3.16. The monoisotopic (exact) mass is 385 g/mol. The fourth-order valence-corrected chi connectivity index (χ4v) is 4.12. The molecule has 148 valence electrons. The zero-order chi connectivity index (χ0) is 20.1. The molecule has 1 aromatic carbocycles. The van der Waals surface area contributed by atoms with E-state index in [-0.39, 0.29) is 36.7 Å². The number of rotatable bonds is 5. The van der Waals surface area contributed by atoms with E-state index in [0.29, 0.717) is 11.3 Å². The summed E-state index contributed by atoms with van der Waals surface area (Å²) < 4.78 is 5.33. The minimum atomic E-state index is -1.51. The Hall–Kier alpha value is -2.90. The van der Waals surface area contributed by atoms with Gasteiger partial charge < -0.3 is 15.0 Å². The first-order valence-corrected chi connectivity index (χ1v) is 9.58. The Morgan fingerprint density at radius 3 is 2.64 bits per heavy atom. The Morgan fingerprint density at radius 1 is 1.25 bits per heavy atom. The third-order valence-electron chi connectivity index (χ3n) is 5.32. The molecule has 0 bridgehead atoms. The lowest BCUT2D eigenvalue weighted by molar-refractivity contribution is -0.160. The van der Waals surface area contributed by atoms with Gasteiger partial charge in [0.1, 0.15) is 0 Å². The largest absolute Gasteiger partial charge is 0.452 e. The number of para-hydroxylation sites is 1. The highest BCUT2D eigenvalue weighted by Gasteiger charge is 2.64. The number of ether oxygens (including phenoxy) is 1. The topological polar surface area (TPSA) is 96.0 Å². The first-order chi connectivity index (χ1) is 13.4. The van der Waals surface area contributed by atoms with Crippen LogP contribution in [-0.4, -0.2) is 52.9 Å². The fourth-order valence-electron chi connectivity index (χ4n) is 4.12. The van der Waals surface area contributed by atoms with Crippen molar-refractivity contribution in [2.75, 3.05) is 11.5 Å². The molecule has 2 aliphatic heterocycles. The van der Waals surface area contributed by atoms with Gasteiger partial charge in [-0.1, -0.05) is 12.1 Å². The van der Waals surface area contributed by atoms with Crippen molar-refractivity contribution >= 4 is 29.4 Å². The molecule has 0 unspecified atom stereocenters. The molecular formula is C20H23N3O5. The molecule has 0 spiro atoms. The number of fused-ring (bicyclic) bond motifs is 3. The van der Waals surface area contributed by atoms with Gasteiger partial charge in [-0.05, 0) is 38.8 Å². The van der Waals surface area contributed by atoms with E-state index >= 15 is 0 Å². The third-order valence-corrected chi connectivity index (χ3v) is 5.32. The van der Waals surface area contributed by atoms with E-state index in [1.54, 1.807) is 38.1 Å². The van der Waals surface area contributed by atoms with Gasteiger partial charge in [-0.2, -0.15) is 0 Å². The minimum absolute atomic E-state index is 0.0833. The summed E-state index contributed by atoms with van der Waals surface area (Å²) in [4.78, 5) is 54.1. The van der Waals surface area contributed by atoms with Crippen LogP contribution in [0.3, 0.4) is 0 Å². The van der Waals surface area contributed by atoms with E-state index < -0.39 is 24.1 Å². The molecule has 1 aromatic rings. The fraction of sp³-hybridized carbons (Fsp3) is 0.500. The maximum Gasteiger partial charge on any atom is 0.354 e. The molecule has 2 heterocycles. The lowest BCUT2D eigenvalue weighted by atomic mass is 9.96. The lowest BCUT2D eigenvalue weighted by Crippen LogP contribution is -2.69. The number of hydrogen-bond acceptors (Lipinski definition) is 5. The van der Waals surface area contributed by atoms with E-state index in [2.05, 4.69) is 5.32 Å². The summed E-state index contributed by atoms with van der Waals surface area (Å²) in [7, 11) is 0. The molecule has 2 fully saturated rings. The lowest BCUT2D eigenvalue weighted by Gasteiger charge is -2.48. The average Bonchev–Trinajstić information content (AvgIpc) is 3.42. The van der Waals surface area contributed by atoms with Gasteiger partial charge in [0.25, 0.3) is 11.8 Å². The van der Waals surface area contributed by atoms with Crippen LogP contribution < -0.4 is 10.2 Å². The number of esters is 1. The van der Waals surface area contributed by atoms with Crippen LogP contribution in [0.2, 0.25) is 0 Å². The summed E-state index contributed by atoms with van der Waals surface area (Å²) in [6, 6.07) is 6.63. The molecule has 0 radical (unpaired) electrons. The number of carbonyl (C=O) groups is 4. The van der Waals surface area contributed by atoms with E-state index in [1.165, 1.54) is 9.80 Å². The van der Waals surface area contributed by atoms with E-state index in [0.717, 1.165) is 12.8 Å². The Morgan fingerprint density at radius 2 is 1.96 bits per heavy atom. The molecule has 1 saturated heterocycles. The second-order valence-electron chi connectivity index (χ2n) is 7.77. The van der Waals surface area contributed by atoms with Gasteiger partial charge in [-0.3, -0.25) is 19.3 Å². The van der Waals surface area contributed by atoms with Crippen molar-refractivity contribution < 1.29 is 23.9 Å². The third kappa shape index (κ3) is 2.75. The number of hydrogen-bond donors (Lipinski definition) is 1. The molecule has 1 saturated carbocycles. The number of nitrogens with zero attached hydrogens (tertiary/aromatic N) is 2. The van der Waals surface area contributed by atoms with Gasteiger partial charge in [0, 0.05) is 24.9 Å². The molecule has 1 aliphatic carbocycles. The average molecular weight is 385 g/mol. The predicted octanol–water partition coefficient (Wildman–Crippen LogP) is 1.20. The number of amides is 3. The van der Waals surface area contributed by atoms with Crippen LogP contribution in [0.15, 0.2) is 24.3 Å². The van der Waals surface area contributed by atoms with Gasteiger partial charge in [0.05, 0.1) is 11.3 Å². The highest BCUT2D eigenvalue weighted by molar-refractivity contribution is 6.15. The first-order valence-electron chi connectivity index (χ1n) is 9.58. The Bertz CT molecular complexity index is 863. The number of benzene rings is 1. The molecule has 4 rings (SSSR count). The highest BCUT2D eigenvalue weighted by Crippen LogP contribution is 2.49. The summed E-state index contributed by atoms with van der Waals surface area (Å²) in [5, 5.41) is 2.66. The van der Waals surface area contributed by atoms with E-state index in [1.807, 2.05) is 0 Å². The van der Waals surface area contributed by atoms with Crippen molar-refractivity contribution in [1.82, 2.24) is 10.2 Å². The summed E-state index contributed by atoms with van der Waals surface area (Å²) in [5.41, 5.74) is -0.678. The van der Waals surface area contributed by atoms with Crippen molar-refractivity contribution in [2.24, 2.45) is 0 Å². The van der Waals surface area contributed by atoms with Crippen LogP contribution in [-0.2, 0) is 19.1 Å². The van der Waals surface area contributed by atoms with Gasteiger partial charge in [0.15, 0.2) is 6.61 Å². The first kappa shape index (κ1) is 18.5. The molecule has 0 aromatic heterocycles. The maximum absolute atomic E-state index is 13.2.